The molecule has 0 radical (unpaired) electrons. The van der Waals surface area contributed by atoms with E-state index in [-0.39, 0.29) is 6.29 Å². The fourth-order valence-corrected chi connectivity index (χ4v) is 0.416. The number of rotatable bonds is 4. The van der Waals surface area contributed by atoms with Crippen LogP contribution >= 0.6 is 0 Å². The van der Waals surface area contributed by atoms with E-state index >= 15 is 0 Å². The minimum absolute atomic E-state index is 0.0869. The van der Waals surface area contributed by atoms with E-state index in [0.717, 1.165) is 0 Å². The Kier molecular flexibility index (Phi) is 9.02. The highest BCUT2D eigenvalue weighted by atomic mass is 16.9. The van der Waals surface area contributed by atoms with Crippen molar-refractivity contribution in [3.8, 4) is 0 Å². The highest BCUT2D eigenvalue weighted by Crippen LogP contribution is 1.96. The molecule has 0 fully saturated rings. The van der Waals surface area contributed by atoms with Crippen LogP contribution in [0.1, 0.15) is 0 Å². The summed E-state index contributed by atoms with van der Waals surface area (Å²) in [5.74, 6) is 0. The molecule has 0 aliphatic heterocycles. The highest BCUT2D eigenvalue weighted by Gasteiger charge is 2.22. The Morgan fingerprint density at radius 3 is 1.93 bits per heavy atom. The van der Waals surface area contributed by atoms with Gasteiger partial charge in [0.2, 0.25) is 0 Å². The Morgan fingerprint density at radius 2 is 1.71 bits per heavy atom. The second-order valence-electron chi connectivity index (χ2n) is 2.11. The molecular formula is C5H11NO8. The molecule has 0 heterocycles. The second-order valence-corrected chi connectivity index (χ2v) is 2.11. The molecule has 0 saturated carbocycles. The zero-order valence-electron chi connectivity index (χ0n) is 6.92. The first-order valence-electron chi connectivity index (χ1n) is 3.30. The lowest BCUT2D eigenvalue weighted by Gasteiger charge is -2.16. The Balaban J connectivity index is 0. The van der Waals surface area contributed by atoms with Crippen LogP contribution in [-0.4, -0.2) is 61.9 Å². The number of carbonyl (C=O) groups is 1. The van der Waals surface area contributed by atoms with Crippen molar-refractivity contribution in [1.29, 1.82) is 0 Å². The summed E-state index contributed by atoms with van der Waals surface area (Å²) in [7, 11) is 0. The van der Waals surface area contributed by atoms with E-state index < -0.39 is 30.0 Å². The van der Waals surface area contributed by atoms with Crippen molar-refractivity contribution >= 4 is 6.29 Å². The van der Waals surface area contributed by atoms with Crippen LogP contribution in [0.15, 0.2) is 0 Å². The Labute approximate surface area is 77.9 Å². The van der Waals surface area contributed by atoms with Gasteiger partial charge >= 0.3 is 0 Å². The fraction of sp³-hybridized carbons (Fsp3) is 0.800. The van der Waals surface area contributed by atoms with Gasteiger partial charge in [0.15, 0.2) is 6.29 Å². The summed E-state index contributed by atoms with van der Waals surface area (Å²) in [6, 6.07) is 0. The van der Waals surface area contributed by atoms with Crippen molar-refractivity contribution in [2.24, 2.45) is 0 Å². The summed E-state index contributed by atoms with van der Waals surface area (Å²) in [6.45, 7) is -0.688. The minimum Gasteiger partial charge on any atom is -0.394 e. The molecule has 0 spiro atoms. The number of carbonyl (C=O) groups excluding carboxylic acids is 1. The van der Waals surface area contributed by atoms with Crippen molar-refractivity contribution in [3.63, 3.8) is 0 Å². The predicted molar refractivity (Wildman–Crippen MR) is 40.0 cm³/mol. The van der Waals surface area contributed by atoms with Gasteiger partial charge < -0.3 is 30.4 Å². The summed E-state index contributed by atoms with van der Waals surface area (Å²) in [6.07, 6.45) is -4.63. The molecule has 0 aromatic heterocycles. The number of hydrogen-bond donors (Lipinski definition) is 5. The normalized spacial score (nSPS) is 15.7. The predicted octanol–water partition coefficient (Wildman–Crippen LogP) is -3.09. The first-order chi connectivity index (χ1) is 6.36. The third-order valence-electron chi connectivity index (χ3n) is 1.07. The molecule has 0 aliphatic rings. The molecule has 5 N–H and O–H groups in total. The third-order valence-corrected chi connectivity index (χ3v) is 1.07. The van der Waals surface area contributed by atoms with Crippen molar-refractivity contribution in [1.82, 2.24) is 0 Å². The van der Waals surface area contributed by atoms with Gasteiger partial charge in [-0.15, -0.1) is 10.1 Å². The lowest BCUT2D eigenvalue weighted by atomic mass is 10.1. The highest BCUT2D eigenvalue weighted by molar-refractivity contribution is 5.56. The molecule has 0 aliphatic carbocycles. The van der Waals surface area contributed by atoms with Crippen LogP contribution in [0.3, 0.4) is 0 Å². The lowest BCUT2D eigenvalue weighted by Crippen LogP contribution is -2.40. The van der Waals surface area contributed by atoms with E-state index in [9.17, 15) is 4.79 Å². The van der Waals surface area contributed by atoms with Crippen LogP contribution in [0.4, 0.5) is 0 Å². The van der Waals surface area contributed by atoms with Crippen LogP contribution in [0.5, 0.6) is 0 Å². The second kappa shape index (κ2) is 8.31. The molecule has 0 aromatic rings. The molecular weight excluding hydrogens is 202 g/mol. The van der Waals surface area contributed by atoms with Crippen LogP contribution in [0.2, 0.25) is 0 Å². The van der Waals surface area contributed by atoms with E-state index in [1.807, 2.05) is 0 Å². The molecule has 84 valence electrons. The van der Waals surface area contributed by atoms with Crippen molar-refractivity contribution in [3.05, 3.63) is 10.1 Å². The maximum absolute atomic E-state index is 9.76. The van der Waals surface area contributed by atoms with E-state index in [1.165, 1.54) is 0 Å². The molecule has 9 nitrogen and oxygen atoms in total. The van der Waals surface area contributed by atoms with Gasteiger partial charge in [0.1, 0.15) is 18.3 Å². The quantitative estimate of drug-likeness (QED) is 0.186. The smallest absolute Gasteiger partial charge is 0.291 e. The Bertz CT molecular complexity index is 169. The number of aliphatic hydroxyl groups is 4. The first-order valence-corrected chi connectivity index (χ1v) is 3.30. The van der Waals surface area contributed by atoms with Gasteiger partial charge in [0.25, 0.3) is 5.09 Å². The number of aldehydes is 1. The van der Waals surface area contributed by atoms with Crippen LogP contribution < -0.4 is 0 Å². The maximum atomic E-state index is 9.76. The van der Waals surface area contributed by atoms with Gasteiger partial charge in [-0.05, 0) is 0 Å². The van der Waals surface area contributed by atoms with Gasteiger partial charge in [-0.2, -0.15) is 0 Å². The summed E-state index contributed by atoms with van der Waals surface area (Å²) >= 11 is 0. The Morgan fingerprint density at radius 1 is 1.36 bits per heavy atom. The van der Waals surface area contributed by atoms with E-state index in [4.69, 9.17) is 35.7 Å². The van der Waals surface area contributed by atoms with Gasteiger partial charge in [0.05, 0.1) is 6.61 Å². The molecule has 0 rings (SSSR count). The Hall–Kier alpha value is -1.29. The van der Waals surface area contributed by atoms with Crippen molar-refractivity contribution < 1.29 is 35.5 Å². The van der Waals surface area contributed by atoms with Crippen LogP contribution in [0, 0.1) is 10.1 Å². The van der Waals surface area contributed by atoms with E-state index in [2.05, 4.69) is 0 Å². The molecule has 9 heteroatoms. The SMILES string of the molecule is O=C[C@H](O)[C@@H](O)[C@H](O)CO.O=[N+]([O-])O. The molecule has 0 aromatic carbocycles. The van der Waals surface area contributed by atoms with Crippen molar-refractivity contribution in [2.45, 2.75) is 18.3 Å². The molecule has 0 bridgehead atoms. The average Bonchev–Trinajstić information content (AvgIpc) is 2.13. The summed E-state index contributed by atoms with van der Waals surface area (Å²) in [5, 5.41) is 47.7. The molecule has 0 saturated heterocycles. The van der Waals surface area contributed by atoms with E-state index in [1.54, 1.807) is 0 Å². The first kappa shape index (κ1) is 15.2. The molecule has 0 unspecified atom stereocenters. The summed E-state index contributed by atoms with van der Waals surface area (Å²) < 4.78 is 0. The van der Waals surface area contributed by atoms with Gasteiger partial charge in [0, 0.05) is 0 Å². The number of aliphatic hydroxyl groups excluding tert-OH is 4. The number of hydrogen-bond acceptors (Lipinski definition) is 7. The average molecular weight is 213 g/mol. The standard InChI is InChI=1S/C5H10O5.HNO3/c6-1-3(8)5(10)4(9)2-7;2-1(3)4/h1,3-5,7-10H,2H2;(H,2,3,4)/t3-,4+,5+;/m0./s1. The zero-order chi connectivity index (χ0) is 11.7. The summed E-state index contributed by atoms with van der Waals surface area (Å²) in [4.78, 5) is 18.1. The van der Waals surface area contributed by atoms with Crippen LogP contribution in [-0.2, 0) is 4.79 Å². The maximum Gasteiger partial charge on any atom is 0.291 e. The number of nitrogens with zero attached hydrogens (tertiary/aromatic N) is 1. The monoisotopic (exact) mass is 213 g/mol. The summed E-state index contributed by atoms with van der Waals surface area (Å²) in [5.41, 5.74) is 0. The molecule has 0 amide bonds. The fourth-order valence-electron chi connectivity index (χ4n) is 0.416. The lowest BCUT2D eigenvalue weighted by molar-refractivity contribution is -0.742. The third kappa shape index (κ3) is 8.80. The van der Waals surface area contributed by atoms with Gasteiger partial charge in [-0.3, -0.25) is 0 Å². The van der Waals surface area contributed by atoms with Gasteiger partial charge in [-0.1, -0.05) is 0 Å². The zero-order valence-corrected chi connectivity index (χ0v) is 6.92. The molecule has 3 atom stereocenters. The minimum atomic E-state index is -1.64. The largest absolute Gasteiger partial charge is 0.394 e. The van der Waals surface area contributed by atoms with Crippen LogP contribution in [0.25, 0.3) is 0 Å². The topological polar surface area (TPSA) is 161 Å². The van der Waals surface area contributed by atoms with Gasteiger partial charge in [-0.25, -0.2) is 0 Å². The van der Waals surface area contributed by atoms with Crippen molar-refractivity contribution in [2.75, 3.05) is 6.61 Å². The molecule has 14 heavy (non-hydrogen) atoms. The van der Waals surface area contributed by atoms with E-state index in [0.29, 0.717) is 0 Å².